The summed E-state index contributed by atoms with van der Waals surface area (Å²) in [7, 11) is 1.52. The number of esters is 1. The third kappa shape index (κ3) is 4.17. The third-order valence-electron chi connectivity index (χ3n) is 4.41. The fourth-order valence-corrected chi connectivity index (χ4v) is 2.96. The Kier molecular flexibility index (Phi) is 5.47. The van der Waals surface area contributed by atoms with Gasteiger partial charge in [-0.2, -0.15) is 0 Å². The minimum atomic E-state index is -1.02. The van der Waals surface area contributed by atoms with Crippen molar-refractivity contribution in [3.63, 3.8) is 0 Å². The van der Waals surface area contributed by atoms with Gasteiger partial charge in [-0.25, -0.2) is 0 Å². The normalized spacial score (nSPS) is 19.3. The molecular weight excluding hydrogens is 354 g/mol. The molecule has 6 heteroatoms. The summed E-state index contributed by atoms with van der Waals surface area (Å²) >= 11 is 6.10. The van der Waals surface area contributed by atoms with Crippen molar-refractivity contribution in [2.45, 2.75) is 19.4 Å². The predicted octanol–water partition coefficient (Wildman–Crippen LogP) is 4.23. The molecular formula is C20H20ClNO4. The van der Waals surface area contributed by atoms with Crippen molar-refractivity contribution in [2.75, 3.05) is 12.4 Å². The molecule has 1 aliphatic rings. The molecule has 0 aliphatic heterocycles. The SMILES string of the molecule is COc1ccc(NC(=O)C(OC(=O)C2CC2C)c2ccccc2)cc1Cl. The molecule has 0 radical (unpaired) electrons. The molecule has 5 nitrogen and oxygen atoms in total. The highest BCUT2D eigenvalue weighted by Gasteiger charge is 2.42. The van der Waals surface area contributed by atoms with E-state index in [9.17, 15) is 9.59 Å². The molecule has 1 saturated carbocycles. The summed E-state index contributed by atoms with van der Waals surface area (Å²) in [4.78, 5) is 25.0. The standard InChI is InChI=1S/C20H20ClNO4/c1-12-10-15(12)20(24)26-18(13-6-4-3-5-7-13)19(23)22-14-8-9-17(25-2)16(21)11-14/h3-9,11-12,15,18H,10H2,1-2H3,(H,22,23). The second-order valence-electron chi connectivity index (χ2n) is 6.39. The first kappa shape index (κ1) is 18.3. The van der Waals surface area contributed by atoms with Crippen molar-refractivity contribution in [2.24, 2.45) is 11.8 Å². The van der Waals surface area contributed by atoms with Crippen molar-refractivity contribution in [3.05, 3.63) is 59.1 Å². The lowest BCUT2D eigenvalue weighted by Crippen LogP contribution is -2.26. The highest BCUT2D eigenvalue weighted by atomic mass is 35.5. The van der Waals surface area contributed by atoms with E-state index in [1.807, 2.05) is 13.0 Å². The van der Waals surface area contributed by atoms with E-state index in [4.69, 9.17) is 21.1 Å². The second-order valence-corrected chi connectivity index (χ2v) is 6.79. The van der Waals surface area contributed by atoms with Crippen LogP contribution in [0.1, 0.15) is 25.0 Å². The predicted molar refractivity (Wildman–Crippen MR) is 99.2 cm³/mol. The summed E-state index contributed by atoms with van der Waals surface area (Å²) in [5.41, 5.74) is 1.11. The van der Waals surface area contributed by atoms with Crippen LogP contribution < -0.4 is 10.1 Å². The number of anilines is 1. The van der Waals surface area contributed by atoms with Gasteiger partial charge < -0.3 is 14.8 Å². The van der Waals surface area contributed by atoms with Crippen LogP contribution in [0, 0.1) is 11.8 Å². The van der Waals surface area contributed by atoms with Crippen LogP contribution in [-0.4, -0.2) is 19.0 Å². The van der Waals surface area contributed by atoms with E-state index in [1.165, 1.54) is 7.11 Å². The second kappa shape index (κ2) is 7.79. The van der Waals surface area contributed by atoms with E-state index < -0.39 is 12.0 Å². The van der Waals surface area contributed by atoms with Gasteiger partial charge in [-0.3, -0.25) is 9.59 Å². The van der Waals surface area contributed by atoms with Gasteiger partial charge in [0.25, 0.3) is 5.91 Å². The zero-order valence-corrected chi connectivity index (χ0v) is 15.3. The van der Waals surface area contributed by atoms with Gasteiger partial charge >= 0.3 is 5.97 Å². The zero-order chi connectivity index (χ0) is 18.7. The summed E-state index contributed by atoms with van der Waals surface area (Å²) in [6, 6.07) is 13.9. The Hall–Kier alpha value is -2.53. The zero-order valence-electron chi connectivity index (χ0n) is 14.6. The van der Waals surface area contributed by atoms with E-state index in [0.717, 1.165) is 6.42 Å². The summed E-state index contributed by atoms with van der Waals surface area (Å²) in [6.07, 6.45) is -0.215. The van der Waals surface area contributed by atoms with Crippen LogP contribution >= 0.6 is 11.6 Å². The average molecular weight is 374 g/mol. The van der Waals surface area contributed by atoms with Gasteiger partial charge in [0.2, 0.25) is 6.10 Å². The number of nitrogens with one attached hydrogen (secondary N) is 1. The fraction of sp³-hybridized carbons (Fsp3) is 0.300. The van der Waals surface area contributed by atoms with Crippen LogP contribution in [0.4, 0.5) is 5.69 Å². The van der Waals surface area contributed by atoms with Crippen LogP contribution in [-0.2, 0) is 14.3 Å². The van der Waals surface area contributed by atoms with E-state index in [0.29, 0.717) is 27.9 Å². The molecule has 26 heavy (non-hydrogen) atoms. The van der Waals surface area contributed by atoms with Crippen molar-refractivity contribution in [1.82, 2.24) is 0 Å². The van der Waals surface area contributed by atoms with Crippen molar-refractivity contribution in [3.8, 4) is 5.75 Å². The number of hydrogen-bond acceptors (Lipinski definition) is 4. The number of ether oxygens (including phenoxy) is 2. The van der Waals surface area contributed by atoms with Gasteiger partial charge in [-0.1, -0.05) is 48.9 Å². The van der Waals surface area contributed by atoms with Crippen LogP contribution in [0.25, 0.3) is 0 Å². The summed E-state index contributed by atoms with van der Waals surface area (Å²) < 4.78 is 10.6. The maximum Gasteiger partial charge on any atom is 0.310 e. The van der Waals surface area contributed by atoms with Crippen LogP contribution in [0.5, 0.6) is 5.75 Å². The number of rotatable bonds is 6. The molecule has 0 saturated heterocycles. The smallest absolute Gasteiger partial charge is 0.310 e. The molecule has 0 spiro atoms. The van der Waals surface area contributed by atoms with Crippen LogP contribution in [0.3, 0.4) is 0 Å². The Balaban J connectivity index is 1.78. The number of halogens is 1. The van der Waals surface area contributed by atoms with E-state index in [1.54, 1.807) is 42.5 Å². The molecule has 3 unspecified atom stereocenters. The summed E-state index contributed by atoms with van der Waals surface area (Å²) in [6.45, 7) is 1.99. The molecule has 2 aromatic rings. The molecule has 0 bridgehead atoms. The first-order chi connectivity index (χ1) is 12.5. The third-order valence-corrected chi connectivity index (χ3v) is 4.70. The average Bonchev–Trinajstić information content (AvgIpc) is 3.37. The van der Waals surface area contributed by atoms with Gasteiger partial charge in [0.15, 0.2) is 0 Å². The lowest BCUT2D eigenvalue weighted by atomic mass is 10.1. The Morgan fingerprint density at radius 2 is 1.88 bits per heavy atom. The van der Waals surface area contributed by atoms with Gasteiger partial charge in [-0.15, -0.1) is 0 Å². The summed E-state index contributed by atoms with van der Waals surface area (Å²) in [5.74, 6) is -0.0707. The number of benzene rings is 2. The Morgan fingerprint density at radius 3 is 2.46 bits per heavy atom. The largest absolute Gasteiger partial charge is 0.495 e. The number of hydrogen-bond donors (Lipinski definition) is 1. The first-order valence-electron chi connectivity index (χ1n) is 8.39. The lowest BCUT2D eigenvalue weighted by molar-refractivity contribution is -0.156. The molecule has 0 aromatic heterocycles. The van der Waals surface area contributed by atoms with Crippen LogP contribution in [0.2, 0.25) is 5.02 Å². The fourth-order valence-electron chi connectivity index (χ4n) is 2.71. The Morgan fingerprint density at radius 1 is 1.19 bits per heavy atom. The Labute approximate surface area is 157 Å². The highest BCUT2D eigenvalue weighted by molar-refractivity contribution is 6.32. The molecule has 2 aromatic carbocycles. The quantitative estimate of drug-likeness (QED) is 0.769. The molecule has 3 rings (SSSR count). The number of carbonyl (C=O) groups excluding carboxylic acids is 2. The van der Waals surface area contributed by atoms with E-state index in [-0.39, 0.29) is 11.9 Å². The van der Waals surface area contributed by atoms with Gasteiger partial charge in [0, 0.05) is 11.3 Å². The van der Waals surface area contributed by atoms with Crippen molar-refractivity contribution < 1.29 is 19.1 Å². The molecule has 3 atom stereocenters. The highest BCUT2D eigenvalue weighted by Crippen LogP contribution is 2.40. The van der Waals surface area contributed by atoms with Gasteiger partial charge in [0.1, 0.15) is 5.75 Å². The number of methoxy groups -OCH3 is 1. The minimum Gasteiger partial charge on any atom is -0.495 e. The molecule has 136 valence electrons. The van der Waals surface area contributed by atoms with Gasteiger partial charge in [-0.05, 0) is 30.5 Å². The number of amides is 1. The number of carbonyl (C=O) groups is 2. The van der Waals surface area contributed by atoms with Crippen molar-refractivity contribution in [1.29, 1.82) is 0 Å². The Bertz CT molecular complexity index is 809. The van der Waals surface area contributed by atoms with E-state index in [2.05, 4.69) is 5.32 Å². The maximum absolute atomic E-state index is 12.8. The summed E-state index contributed by atoms with van der Waals surface area (Å²) in [5, 5.41) is 3.13. The maximum atomic E-state index is 12.8. The van der Waals surface area contributed by atoms with Crippen molar-refractivity contribution >= 4 is 29.2 Å². The van der Waals surface area contributed by atoms with Crippen LogP contribution in [0.15, 0.2) is 48.5 Å². The lowest BCUT2D eigenvalue weighted by Gasteiger charge is -2.18. The molecule has 1 N–H and O–H groups in total. The monoisotopic (exact) mass is 373 g/mol. The van der Waals surface area contributed by atoms with E-state index >= 15 is 0 Å². The molecule has 1 fully saturated rings. The topological polar surface area (TPSA) is 64.6 Å². The molecule has 0 heterocycles. The first-order valence-corrected chi connectivity index (χ1v) is 8.77. The van der Waals surface area contributed by atoms with Gasteiger partial charge in [0.05, 0.1) is 18.1 Å². The minimum absolute atomic E-state index is 0.121. The molecule has 1 aliphatic carbocycles. The molecule has 1 amide bonds.